The predicted octanol–water partition coefficient (Wildman–Crippen LogP) is 0.225. The highest BCUT2D eigenvalue weighted by molar-refractivity contribution is 7.91. The van der Waals surface area contributed by atoms with Gasteiger partial charge in [0.05, 0.1) is 11.9 Å². The first-order valence-corrected chi connectivity index (χ1v) is 8.11. The highest BCUT2D eigenvalue weighted by Gasteiger charge is 2.34. The van der Waals surface area contributed by atoms with Crippen LogP contribution in [0.25, 0.3) is 0 Å². The smallest absolute Gasteiger partial charge is 0.169 e. The first kappa shape index (κ1) is 12.1. The molecule has 0 saturated carbocycles. The van der Waals surface area contributed by atoms with Gasteiger partial charge in [-0.1, -0.05) is 6.42 Å². The quantitative estimate of drug-likeness (QED) is 0.790. The summed E-state index contributed by atoms with van der Waals surface area (Å²) in [6, 6.07) is 0. The molecule has 100 valence electrons. The minimum absolute atomic E-state index is 0.240. The van der Waals surface area contributed by atoms with E-state index in [0.29, 0.717) is 37.5 Å². The number of fused-ring (bicyclic) bond motifs is 1. The van der Waals surface area contributed by atoms with Crippen molar-refractivity contribution in [2.24, 2.45) is 0 Å². The number of aryl methyl sites for hydroxylation is 1. The van der Waals surface area contributed by atoms with Crippen molar-refractivity contribution in [3.63, 3.8) is 0 Å². The molecule has 2 atom stereocenters. The van der Waals surface area contributed by atoms with Crippen LogP contribution in [0.15, 0.2) is 0 Å². The summed E-state index contributed by atoms with van der Waals surface area (Å²) < 4.78 is 25.8. The van der Waals surface area contributed by atoms with E-state index in [1.165, 1.54) is 0 Å². The lowest BCUT2D eigenvalue weighted by Crippen LogP contribution is -2.24. The van der Waals surface area contributed by atoms with Crippen molar-refractivity contribution >= 4 is 9.84 Å². The Bertz CT molecular complexity index is 552. The van der Waals surface area contributed by atoms with Gasteiger partial charge in [0.1, 0.15) is 11.1 Å². The zero-order valence-corrected chi connectivity index (χ0v) is 10.9. The van der Waals surface area contributed by atoms with Crippen LogP contribution in [0, 0.1) is 0 Å². The second-order valence-electron chi connectivity index (χ2n) is 5.11. The minimum atomic E-state index is -3.09. The summed E-state index contributed by atoms with van der Waals surface area (Å²) in [7, 11) is -3.09. The summed E-state index contributed by atoms with van der Waals surface area (Å²) in [4.78, 5) is 4.33. The summed E-state index contributed by atoms with van der Waals surface area (Å²) in [5, 5.41) is 13.4. The fraction of sp³-hybridized carbons (Fsp3) is 0.818. The standard InChI is InChI=1S/C11H17N3O3S/c15-8-4-5-14-10(7-8)12-11(13-14)9-3-1-2-6-18(9,16)17/h8-9,15H,1-7H2. The van der Waals surface area contributed by atoms with Crippen LogP contribution in [-0.4, -0.2) is 40.1 Å². The number of sulfone groups is 1. The van der Waals surface area contributed by atoms with Gasteiger partial charge in [0.2, 0.25) is 0 Å². The molecular formula is C11H17N3O3S. The van der Waals surface area contributed by atoms with Crippen molar-refractivity contribution in [2.75, 3.05) is 5.75 Å². The van der Waals surface area contributed by atoms with Crippen molar-refractivity contribution in [3.05, 3.63) is 11.6 Å². The molecule has 1 fully saturated rings. The molecule has 0 spiro atoms. The molecule has 3 rings (SSSR count). The molecule has 1 saturated heterocycles. The van der Waals surface area contributed by atoms with Crippen LogP contribution in [0.2, 0.25) is 0 Å². The molecule has 0 bridgehead atoms. The van der Waals surface area contributed by atoms with Gasteiger partial charge >= 0.3 is 0 Å². The minimum Gasteiger partial charge on any atom is -0.393 e. The summed E-state index contributed by atoms with van der Waals surface area (Å²) in [6.45, 7) is 0.621. The van der Waals surface area contributed by atoms with Crippen molar-refractivity contribution in [1.82, 2.24) is 14.8 Å². The first-order valence-electron chi connectivity index (χ1n) is 6.39. The van der Waals surface area contributed by atoms with Crippen LogP contribution < -0.4 is 0 Å². The van der Waals surface area contributed by atoms with E-state index in [1.54, 1.807) is 4.68 Å². The largest absolute Gasteiger partial charge is 0.393 e. The van der Waals surface area contributed by atoms with E-state index >= 15 is 0 Å². The van der Waals surface area contributed by atoms with Gasteiger partial charge in [-0.05, 0) is 19.3 Å². The Balaban J connectivity index is 1.93. The molecule has 0 amide bonds. The molecule has 2 aliphatic rings. The number of aliphatic hydroxyl groups is 1. The molecule has 0 aliphatic carbocycles. The Morgan fingerprint density at radius 2 is 2.11 bits per heavy atom. The molecule has 1 N–H and O–H groups in total. The highest BCUT2D eigenvalue weighted by Crippen LogP contribution is 2.32. The maximum atomic E-state index is 12.0. The van der Waals surface area contributed by atoms with E-state index in [-0.39, 0.29) is 11.9 Å². The van der Waals surface area contributed by atoms with E-state index in [0.717, 1.165) is 12.8 Å². The Hall–Kier alpha value is -0.950. The van der Waals surface area contributed by atoms with E-state index in [1.807, 2.05) is 0 Å². The predicted molar refractivity (Wildman–Crippen MR) is 64.7 cm³/mol. The lowest BCUT2D eigenvalue weighted by molar-refractivity contribution is 0.138. The molecule has 2 unspecified atom stereocenters. The number of aromatic nitrogens is 3. The van der Waals surface area contributed by atoms with Crippen molar-refractivity contribution in [3.8, 4) is 0 Å². The fourth-order valence-electron chi connectivity index (χ4n) is 2.69. The van der Waals surface area contributed by atoms with Gasteiger partial charge in [-0.3, -0.25) is 0 Å². The van der Waals surface area contributed by atoms with Crippen LogP contribution in [0.3, 0.4) is 0 Å². The summed E-state index contributed by atoms with van der Waals surface area (Å²) >= 11 is 0. The molecule has 1 aromatic heterocycles. The number of nitrogens with zero attached hydrogens (tertiary/aromatic N) is 3. The van der Waals surface area contributed by atoms with Gasteiger partial charge in [-0.2, -0.15) is 5.10 Å². The Morgan fingerprint density at radius 1 is 1.28 bits per heavy atom. The number of aliphatic hydroxyl groups excluding tert-OH is 1. The molecule has 6 nitrogen and oxygen atoms in total. The first-order chi connectivity index (χ1) is 8.56. The molecule has 3 heterocycles. The third-order valence-electron chi connectivity index (χ3n) is 3.72. The van der Waals surface area contributed by atoms with Crippen LogP contribution >= 0.6 is 0 Å². The maximum absolute atomic E-state index is 12.0. The van der Waals surface area contributed by atoms with E-state index < -0.39 is 15.1 Å². The SMILES string of the molecule is O=S1(=O)CCCCC1c1nc2n(n1)CCC(O)C2. The monoisotopic (exact) mass is 271 g/mol. The van der Waals surface area contributed by atoms with Gasteiger partial charge in [-0.25, -0.2) is 18.1 Å². The molecular weight excluding hydrogens is 254 g/mol. The number of hydrogen-bond acceptors (Lipinski definition) is 5. The Kier molecular flexibility index (Phi) is 2.90. The zero-order chi connectivity index (χ0) is 12.8. The Labute approximate surface area is 106 Å². The van der Waals surface area contributed by atoms with Gasteiger partial charge in [0.25, 0.3) is 0 Å². The van der Waals surface area contributed by atoms with E-state index in [9.17, 15) is 13.5 Å². The second kappa shape index (κ2) is 4.31. The van der Waals surface area contributed by atoms with E-state index in [2.05, 4.69) is 10.1 Å². The molecule has 7 heteroatoms. The Morgan fingerprint density at radius 3 is 2.89 bits per heavy atom. The van der Waals surface area contributed by atoms with Crippen molar-refractivity contribution < 1.29 is 13.5 Å². The average molecular weight is 271 g/mol. The summed E-state index contributed by atoms with van der Waals surface area (Å²) in [5.74, 6) is 1.38. The number of hydrogen-bond donors (Lipinski definition) is 1. The third kappa shape index (κ3) is 2.05. The molecule has 1 aromatic rings. The molecule has 0 aromatic carbocycles. The topological polar surface area (TPSA) is 85.1 Å². The van der Waals surface area contributed by atoms with E-state index in [4.69, 9.17) is 0 Å². The fourth-order valence-corrected chi connectivity index (χ4v) is 4.53. The highest BCUT2D eigenvalue weighted by atomic mass is 32.2. The summed E-state index contributed by atoms with van der Waals surface area (Å²) in [6.07, 6.45) is 3.03. The van der Waals surface area contributed by atoms with Crippen LogP contribution in [0.5, 0.6) is 0 Å². The lowest BCUT2D eigenvalue weighted by Gasteiger charge is -2.19. The molecule has 2 aliphatic heterocycles. The maximum Gasteiger partial charge on any atom is 0.169 e. The van der Waals surface area contributed by atoms with Crippen molar-refractivity contribution in [1.29, 1.82) is 0 Å². The zero-order valence-electron chi connectivity index (χ0n) is 10.1. The van der Waals surface area contributed by atoms with Gasteiger partial charge in [0.15, 0.2) is 15.7 Å². The summed E-state index contributed by atoms with van der Waals surface area (Å²) in [5.41, 5.74) is 0. The van der Waals surface area contributed by atoms with Crippen molar-refractivity contribution in [2.45, 2.75) is 50.0 Å². The third-order valence-corrected chi connectivity index (χ3v) is 5.89. The molecule has 0 radical (unpaired) electrons. The second-order valence-corrected chi connectivity index (χ2v) is 7.41. The van der Waals surface area contributed by atoms with Gasteiger partial charge in [-0.15, -0.1) is 0 Å². The number of rotatable bonds is 1. The van der Waals surface area contributed by atoms with Gasteiger partial charge in [0, 0.05) is 13.0 Å². The lowest BCUT2D eigenvalue weighted by atomic mass is 10.1. The van der Waals surface area contributed by atoms with Gasteiger partial charge < -0.3 is 5.11 Å². The average Bonchev–Trinajstić information content (AvgIpc) is 2.70. The van der Waals surface area contributed by atoms with Crippen LogP contribution in [-0.2, 0) is 22.8 Å². The normalized spacial score (nSPS) is 30.9. The van der Waals surface area contributed by atoms with Crippen LogP contribution in [0.4, 0.5) is 0 Å². The van der Waals surface area contributed by atoms with Crippen LogP contribution in [0.1, 0.15) is 42.6 Å². The molecule has 18 heavy (non-hydrogen) atoms.